The second-order valence-corrected chi connectivity index (χ2v) is 6.25. The Morgan fingerprint density at radius 2 is 1.62 bits per heavy atom. The molecule has 0 bridgehead atoms. The molecule has 0 radical (unpaired) electrons. The normalized spacial score (nSPS) is 11.8. The summed E-state index contributed by atoms with van der Waals surface area (Å²) in [6.07, 6.45) is 0. The summed E-state index contributed by atoms with van der Waals surface area (Å²) in [6, 6.07) is 23.3. The van der Waals surface area contributed by atoms with Gasteiger partial charge in [0.05, 0.1) is 0 Å². The fourth-order valence-electron chi connectivity index (χ4n) is 2.89. The number of amides is 1. The number of rotatable bonds is 6. The van der Waals surface area contributed by atoms with Crippen molar-refractivity contribution in [2.75, 3.05) is 5.32 Å². The van der Waals surface area contributed by atoms with Crippen molar-refractivity contribution in [3.8, 4) is 0 Å². The van der Waals surface area contributed by atoms with Gasteiger partial charge in [0.1, 0.15) is 12.4 Å². The molecule has 0 aliphatic rings. The lowest BCUT2D eigenvalue weighted by Crippen LogP contribution is -2.85. The first-order chi connectivity index (χ1) is 12.6. The van der Waals surface area contributed by atoms with Gasteiger partial charge in [0.25, 0.3) is 5.91 Å². The van der Waals surface area contributed by atoms with Crippen molar-refractivity contribution < 1.29 is 14.5 Å². The largest absolute Gasteiger partial charge is 0.328 e. The molecule has 0 aliphatic heterocycles. The molecule has 132 valence electrons. The summed E-state index contributed by atoms with van der Waals surface area (Å²) in [5.41, 5.74) is 3.92. The molecule has 0 aliphatic carbocycles. The monoisotopic (exact) mass is 349 g/mol. The molecule has 0 aromatic heterocycles. The van der Waals surface area contributed by atoms with Gasteiger partial charge in [-0.2, -0.15) is 0 Å². The quantitative estimate of drug-likeness (QED) is 0.702. The zero-order valence-corrected chi connectivity index (χ0v) is 14.7. The van der Waals surface area contributed by atoms with E-state index in [0.29, 0.717) is 12.2 Å². The van der Waals surface area contributed by atoms with Crippen LogP contribution in [-0.2, 0) is 11.3 Å². The molecular weight excluding hydrogens is 327 g/mol. The van der Waals surface area contributed by atoms with E-state index in [-0.39, 0.29) is 17.8 Å². The maximum atomic E-state index is 13.1. The topological polar surface area (TPSA) is 45.7 Å². The van der Waals surface area contributed by atoms with E-state index in [4.69, 9.17) is 0 Å². The standard InChI is InChI=1S/C22H21FN2O/c1-16-7-5-6-10-18(16)15-24-21(17-8-3-2-4-9-17)22(26)25-20-13-11-19(23)12-14-20/h2-14,21,24H,15H2,1H3,(H,25,26)/p+1/t21-/m0/s1. The molecule has 0 saturated carbocycles. The van der Waals surface area contributed by atoms with Crippen molar-refractivity contribution in [2.45, 2.75) is 19.5 Å². The first-order valence-corrected chi connectivity index (χ1v) is 8.62. The third kappa shape index (κ3) is 4.55. The van der Waals surface area contributed by atoms with Crippen molar-refractivity contribution in [1.82, 2.24) is 0 Å². The number of carbonyl (C=O) groups excluding carboxylic acids is 1. The summed E-state index contributed by atoms with van der Waals surface area (Å²) in [5, 5.41) is 4.91. The van der Waals surface area contributed by atoms with E-state index < -0.39 is 0 Å². The Kier molecular flexibility index (Phi) is 5.77. The summed E-state index contributed by atoms with van der Waals surface area (Å²) in [7, 11) is 0. The Balaban J connectivity index is 1.78. The van der Waals surface area contributed by atoms with Gasteiger partial charge in [0.15, 0.2) is 6.04 Å². The first kappa shape index (κ1) is 17.8. The molecule has 26 heavy (non-hydrogen) atoms. The fourth-order valence-corrected chi connectivity index (χ4v) is 2.89. The van der Waals surface area contributed by atoms with E-state index in [2.05, 4.69) is 24.4 Å². The Hall–Kier alpha value is -2.98. The van der Waals surface area contributed by atoms with Gasteiger partial charge in [0.2, 0.25) is 0 Å². The Bertz CT molecular complexity index is 863. The molecule has 0 fully saturated rings. The molecule has 1 amide bonds. The van der Waals surface area contributed by atoms with Gasteiger partial charge < -0.3 is 10.6 Å². The van der Waals surface area contributed by atoms with Gasteiger partial charge >= 0.3 is 0 Å². The van der Waals surface area contributed by atoms with Crippen LogP contribution in [0, 0.1) is 12.7 Å². The van der Waals surface area contributed by atoms with Gasteiger partial charge in [-0.25, -0.2) is 4.39 Å². The molecule has 3 rings (SSSR count). The second kappa shape index (κ2) is 8.41. The van der Waals surface area contributed by atoms with Gasteiger partial charge in [-0.3, -0.25) is 4.79 Å². The van der Waals surface area contributed by atoms with E-state index in [1.165, 1.54) is 23.3 Å². The van der Waals surface area contributed by atoms with Crippen LogP contribution in [0.5, 0.6) is 0 Å². The summed E-state index contributed by atoms with van der Waals surface area (Å²) < 4.78 is 13.1. The Morgan fingerprint density at radius 1 is 0.962 bits per heavy atom. The number of anilines is 1. The maximum absolute atomic E-state index is 13.1. The first-order valence-electron chi connectivity index (χ1n) is 8.62. The zero-order valence-electron chi connectivity index (χ0n) is 14.7. The maximum Gasteiger partial charge on any atom is 0.287 e. The number of hydrogen-bond donors (Lipinski definition) is 2. The number of halogens is 1. The van der Waals surface area contributed by atoms with Crippen molar-refractivity contribution in [1.29, 1.82) is 0 Å². The van der Waals surface area contributed by atoms with E-state index in [1.807, 2.05) is 47.8 Å². The highest BCUT2D eigenvalue weighted by Crippen LogP contribution is 2.14. The molecular formula is C22H22FN2O+. The molecule has 0 unspecified atom stereocenters. The lowest BCUT2D eigenvalue weighted by molar-refractivity contribution is -0.697. The number of quaternary nitrogens is 1. The molecule has 3 aromatic rings. The van der Waals surface area contributed by atoms with Gasteiger partial charge in [0, 0.05) is 16.8 Å². The van der Waals surface area contributed by atoms with Crippen LogP contribution in [0.3, 0.4) is 0 Å². The smallest absolute Gasteiger partial charge is 0.287 e. The van der Waals surface area contributed by atoms with Crippen LogP contribution in [0.1, 0.15) is 22.7 Å². The van der Waals surface area contributed by atoms with Crippen LogP contribution >= 0.6 is 0 Å². The summed E-state index contributed by atoms with van der Waals surface area (Å²) >= 11 is 0. The highest BCUT2D eigenvalue weighted by molar-refractivity contribution is 5.94. The van der Waals surface area contributed by atoms with Gasteiger partial charge in [-0.05, 0) is 36.8 Å². The number of aryl methyl sites for hydroxylation is 1. The number of nitrogens with two attached hydrogens (primary N) is 1. The summed E-state index contributed by atoms with van der Waals surface area (Å²) in [5.74, 6) is -0.454. The molecule has 0 saturated heterocycles. The summed E-state index contributed by atoms with van der Waals surface area (Å²) in [6.45, 7) is 2.77. The lowest BCUT2D eigenvalue weighted by Gasteiger charge is -2.17. The van der Waals surface area contributed by atoms with Crippen molar-refractivity contribution >= 4 is 11.6 Å². The van der Waals surface area contributed by atoms with Crippen molar-refractivity contribution in [2.24, 2.45) is 0 Å². The third-order valence-electron chi connectivity index (χ3n) is 4.39. The molecule has 3 N–H and O–H groups in total. The molecule has 0 spiro atoms. The summed E-state index contributed by atoms with van der Waals surface area (Å²) in [4.78, 5) is 12.9. The molecule has 0 heterocycles. The highest BCUT2D eigenvalue weighted by Gasteiger charge is 2.24. The van der Waals surface area contributed by atoms with Crippen molar-refractivity contribution in [3.63, 3.8) is 0 Å². The van der Waals surface area contributed by atoms with Crippen LogP contribution < -0.4 is 10.6 Å². The fraction of sp³-hybridized carbons (Fsp3) is 0.136. The minimum Gasteiger partial charge on any atom is -0.328 e. The van der Waals surface area contributed by atoms with Gasteiger partial charge in [-0.1, -0.05) is 54.6 Å². The van der Waals surface area contributed by atoms with Crippen LogP contribution in [-0.4, -0.2) is 5.91 Å². The molecule has 3 aromatic carbocycles. The average molecular weight is 349 g/mol. The predicted molar refractivity (Wildman–Crippen MR) is 101 cm³/mol. The lowest BCUT2D eigenvalue weighted by atomic mass is 10.0. The number of hydrogen-bond acceptors (Lipinski definition) is 1. The Labute approximate surface area is 152 Å². The number of nitrogens with one attached hydrogen (secondary N) is 1. The number of benzene rings is 3. The third-order valence-corrected chi connectivity index (χ3v) is 4.39. The van der Waals surface area contributed by atoms with Crippen LogP contribution in [0.2, 0.25) is 0 Å². The molecule has 4 heteroatoms. The average Bonchev–Trinajstić information content (AvgIpc) is 2.66. The van der Waals surface area contributed by atoms with E-state index in [1.54, 1.807) is 12.1 Å². The second-order valence-electron chi connectivity index (χ2n) is 6.25. The number of carbonyl (C=O) groups is 1. The molecule has 3 nitrogen and oxygen atoms in total. The van der Waals surface area contributed by atoms with Crippen LogP contribution in [0.25, 0.3) is 0 Å². The SMILES string of the molecule is Cc1ccccc1C[NH2+][C@H](C(=O)Nc1ccc(F)cc1)c1ccccc1. The van der Waals surface area contributed by atoms with Crippen LogP contribution in [0.4, 0.5) is 10.1 Å². The minimum absolute atomic E-state index is 0.128. The van der Waals surface area contributed by atoms with E-state index >= 15 is 0 Å². The van der Waals surface area contributed by atoms with E-state index in [9.17, 15) is 9.18 Å². The van der Waals surface area contributed by atoms with E-state index in [0.717, 1.165) is 5.56 Å². The minimum atomic E-state index is -0.388. The van der Waals surface area contributed by atoms with Crippen molar-refractivity contribution in [3.05, 3.63) is 101 Å². The van der Waals surface area contributed by atoms with Crippen LogP contribution in [0.15, 0.2) is 78.9 Å². The zero-order chi connectivity index (χ0) is 18.4. The Morgan fingerprint density at radius 3 is 2.31 bits per heavy atom. The van der Waals surface area contributed by atoms with Gasteiger partial charge in [-0.15, -0.1) is 0 Å². The predicted octanol–water partition coefficient (Wildman–Crippen LogP) is 3.58. The molecule has 1 atom stereocenters. The highest BCUT2D eigenvalue weighted by atomic mass is 19.1.